The van der Waals surface area contributed by atoms with Crippen molar-refractivity contribution in [1.82, 2.24) is 0 Å². The Morgan fingerprint density at radius 1 is 1.69 bits per heavy atom. The number of esters is 1. The number of carboxylic acids is 1. The molecule has 1 atom stereocenters. The minimum Gasteiger partial charge on any atom is -0.478 e. The van der Waals surface area contributed by atoms with Gasteiger partial charge < -0.3 is 9.84 Å². The highest BCUT2D eigenvalue weighted by Gasteiger charge is 2.46. The van der Waals surface area contributed by atoms with Crippen LogP contribution in [0.2, 0.25) is 0 Å². The number of cyclic esters (lactones) is 1. The fourth-order valence-corrected chi connectivity index (χ4v) is 1.48. The SMILES string of the molecule is C=C(C(=O)O)[C@H]1C(=O)OCC1(C)C. The van der Waals surface area contributed by atoms with E-state index in [1.165, 1.54) is 0 Å². The number of hydrogen-bond acceptors (Lipinski definition) is 3. The van der Waals surface area contributed by atoms with Gasteiger partial charge in [0.15, 0.2) is 0 Å². The Hall–Kier alpha value is -1.32. The average Bonchev–Trinajstić information content (AvgIpc) is 2.25. The molecule has 4 heteroatoms. The van der Waals surface area contributed by atoms with E-state index in [1.54, 1.807) is 13.8 Å². The molecule has 1 rings (SSSR count). The molecule has 0 aromatic carbocycles. The molecule has 1 N–H and O–H groups in total. The smallest absolute Gasteiger partial charge is 0.331 e. The Bertz CT molecular complexity index is 277. The minimum atomic E-state index is -1.14. The van der Waals surface area contributed by atoms with E-state index in [0.29, 0.717) is 0 Å². The van der Waals surface area contributed by atoms with Gasteiger partial charge in [-0.15, -0.1) is 0 Å². The molecule has 1 heterocycles. The number of carbonyl (C=O) groups excluding carboxylic acids is 1. The monoisotopic (exact) mass is 184 g/mol. The van der Waals surface area contributed by atoms with Crippen LogP contribution >= 0.6 is 0 Å². The van der Waals surface area contributed by atoms with Gasteiger partial charge in [-0.2, -0.15) is 0 Å². The summed E-state index contributed by atoms with van der Waals surface area (Å²) in [6, 6.07) is 0. The highest BCUT2D eigenvalue weighted by atomic mass is 16.5. The number of hydrogen-bond donors (Lipinski definition) is 1. The van der Waals surface area contributed by atoms with Crippen LogP contribution in [0.25, 0.3) is 0 Å². The molecule has 1 saturated heterocycles. The minimum absolute atomic E-state index is 0.0903. The Morgan fingerprint density at radius 3 is 2.54 bits per heavy atom. The summed E-state index contributed by atoms with van der Waals surface area (Å²) in [5, 5.41) is 8.69. The highest BCUT2D eigenvalue weighted by molar-refractivity contribution is 5.94. The van der Waals surface area contributed by atoms with Crippen LogP contribution in [0.1, 0.15) is 13.8 Å². The summed E-state index contributed by atoms with van der Waals surface area (Å²) in [5.74, 6) is -2.35. The zero-order valence-electron chi connectivity index (χ0n) is 7.66. The Balaban J connectivity index is 2.95. The number of aliphatic carboxylic acids is 1. The Morgan fingerprint density at radius 2 is 2.23 bits per heavy atom. The van der Waals surface area contributed by atoms with Gasteiger partial charge in [-0.25, -0.2) is 4.79 Å². The quantitative estimate of drug-likeness (QED) is 0.510. The third kappa shape index (κ3) is 1.56. The summed E-state index contributed by atoms with van der Waals surface area (Å²) < 4.78 is 4.79. The van der Waals surface area contributed by atoms with E-state index in [4.69, 9.17) is 9.84 Å². The van der Waals surface area contributed by atoms with E-state index in [9.17, 15) is 9.59 Å². The van der Waals surface area contributed by atoms with Crippen molar-refractivity contribution in [3.8, 4) is 0 Å². The van der Waals surface area contributed by atoms with Gasteiger partial charge in [0.25, 0.3) is 0 Å². The van der Waals surface area contributed by atoms with Crippen LogP contribution in [-0.4, -0.2) is 23.7 Å². The molecular weight excluding hydrogens is 172 g/mol. The highest BCUT2D eigenvalue weighted by Crippen LogP contribution is 2.38. The largest absolute Gasteiger partial charge is 0.478 e. The molecule has 72 valence electrons. The van der Waals surface area contributed by atoms with Crippen LogP contribution in [0.3, 0.4) is 0 Å². The number of carboxylic acid groups (broad SMARTS) is 1. The lowest BCUT2D eigenvalue weighted by Gasteiger charge is -2.21. The van der Waals surface area contributed by atoms with Crippen LogP contribution in [-0.2, 0) is 14.3 Å². The summed E-state index contributed by atoms with van der Waals surface area (Å²) >= 11 is 0. The van der Waals surface area contributed by atoms with Gasteiger partial charge in [-0.3, -0.25) is 4.79 Å². The van der Waals surface area contributed by atoms with E-state index in [2.05, 4.69) is 6.58 Å². The molecule has 1 aliphatic heterocycles. The normalized spacial score (nSPS) is 25.4. The van der Waals surface area contributed by atoms with E-state index in [-0.39, 0.29) is 12.2 Å². The molecule has 0 aliphatic carbocycles. The van der Waals surface area contributed by atoms with Crippen molar-refractivity contribution < 1.29 is 19.4 Å². The molecule has 0 spiro atoms. The molecule has 4 nitrogen and oxygen atoms in total. The van der Waals surface area contributed by atoms with Gasteiger partial charge in [0.1, 0.15) is 0 Å². The van der Waals surface area contributed by atoms with E-state index < -0.39 is 23.3 Å². The van der Waals surface area contributed by atoms with Crippen molar-refractivity contribution in [3.63, 3.8) is 0 Å². The third-order valence-electron chi connectivity index (χ3n) is 2.23. The molecule has 0 aromatic heterocycles. The van der Waals surface area contributed by atoms with Gasteiger partial charge in [0.2, 0.25) is 0 Å². The molecule has 1 aliphatic rings. The van der Waals surface area contributed by atoms with Crippen molar-refractivity contribution in [2.75, 3.05) is 6.61 Å². The Kier molecular flexibility index (Phi) is 2.15. The van der Waals surface area contributed by atoms with E-state index >= 15 is 0 Å². The van der Waals surface area contributed by atoms with E-state index in [0.717, 1.165) is 0 Å². The van der Waals surface area contributed by atoms with Crippen molar-refractivity contribution >= 4 is 11.9 Å². The molecule has 0 saturated carbocycles. The first kappa shape index (κ1) is 9.77. The lowest BCUT2D eigenvalue weighted by molar-refractivity contribution is -0.143. The molecule has 0 radical (unpaired) electrons. The van der Waals surface area contributed by atoms with Crippen molar-refractivity contribution in [2.24, 2.45) is 11.3 Å². The van der Waals surface area contributed by atoms with Crippen molar-refractivity contribution in [1.29, 1.82) is 0 Å². The van der Waals surface area contributed by atoms with Gasteiger partial charge in [-0.05, 0) is 0 Å². The van der Waals surface area contributed by atoms with Gasteiger partial charge >= 0.3 is 11.9 Å². The maximum Gasteiger partial charge on any atom is 0.331 e. The topological polar surface area (TPSA) is 63.6 Å². The molecule has 0 bridgehead atoms. The molecule has 0 amide bonds. The zero-order valence-corrected chi connectivity index (χ0v) is 7.66. The fourth-order valence-electron chi connectivity index (χ4n) is 1.48. The zero-order chi connectivity index (χ0) is 10.2. The van der Waals surface area contributed by atoms with Gasteiger partial charge in [0, 0.05) is 11.0 Å². The second-order valence-corrected chi connectivity index (χ2v) is 3.86. The second-order valence-electron chi connectivity index (χ2n) is 3.86. The molecule has 0 aromatic rings. The number of rotatable bonds is 2. The van der Waals surface area contributed by atoms with Crippen LogP contribution in [0.15, 0.2) is 12.2 Å². The van der Waals surface area contributed by atoms with Crippen LogP contribution in [0.5, 0.6) is 0 Å². The fraction of sp³-hybridized carbons (Fsp3) is 0.556. The molecule has 1 fully saturated rings. The summed E-state index contributed by atoms with van der Waals surface area (Å²) in [6.45, 7) is 7.21. The van der Waals surface area contributed by atoms with Crippen LogP contribution < -0.4 is 0 Å². The van der Waals surface area contributed by atoms with E-state index in [1.807, 2.05) is 0 Å². The third-order valence-corrected chi connectivity index (χ3v) is 2.23. The van der Waals surface area contributed by atoms with Crippen molar-refractivity contribution in [3.05, 3.63) is 12.2 Å². The summed E-state index contributed by atoms with van der Waals surface area (Å²) in [6.07, 6.45) is 0. The first-order chi connectivity index (χ1) is 5.86. The van der Waals surface area contributed by atoms with Crippen molar-refractivity contribution in [2.45, 2.75) is 13.8 Å². The van der Waals surface area contributed by atoms with Gasteiger partial charge in [0.05, 0.1) is 12.5 Å². The standard InChI is InChI=1S/C9H12O4/c1-5(7(10)11)6-8(12)13-4-9(6,2)3/h6H,1,4H2,2-3H3,(H,10,11)/t6-/m0/s1. The van der Waals surface area contributed by atoms with Crippen LogP contribution in [0.4, 0.5) is 0 Å². The maximum absolute atomic E-state index is 11.2. The molecule has 13 heavy (non-hydrogen) atoms. The van der Waals surface area contributed by atoms with Gasteiger partial charge in [-0.1, -0.05) is 20.4 Å². The second kappa shape index (κ2) is 2.87. The molecular formula is C9H12O4. The lowest BCUT2D eigenvalue weighted by Crippen LogP contribution is -2.28. The maximum atomic E-state index is 11.2. The number of carbonyl (C=O) groups is 2. The average molecular weight is 184 g/mol. The predicted octanol–water partition coefficient (Wildman–Crippen LogP) is 0.826. The predicted molar refractivity (Wildman–Crippen MR) is 45.0 cm³/mol. The number of ether oxygens (including phenoxy) is 1. The summed E-state index contributed by atoms with van der Waals surface area (Å²) in [5.41, 5.74) is -0.556. The van der Waals surface area contributed by atoms with Crippen LogP contribution in [0, 0.1) is 11.3 Å². The summed E-state index contributed by atoms with van der Waals surface area (Å²) in [7, 11) is 0. The molecule has 0 unspecified atom stereocenters. The first-order valence-corrected chi connectivity index (χ1v) is 3.95. The first-order valence-electron chi connectivity index (χ1n) is 3.95. The lowest BCUT2D eigenvalue weighted by atomic mass is 9.77. The summed E-state index contributed by atoms with van der Waals surface area (Å²) in [4.78, 5) is 21.8. The Labute approximate surface area is 76.2 Å².